The molecule has 36 heavy (non-hydrogen) atoms. The zero-order chi connectivity index (χ0) is 26.8. The minimum atomic E-state index is -5.00. The van der Waals surface area contributed by atoms with Crippen molar-refractivity contribution in [2.75, 3.05) is 39.3 Å². The molecular formula is C25H48N4O6S. The average molecular weight is 533 g/mol. The van der Waals surface area contributed by atoms with E-state index < -0.39 is 28.5 Å². The largest absolute Gasteiger partial charge is 0.724 e. The number of fused-ring (bicyclic) bond motifs is 4. The summed E-state index contributed by atoms with van der Waals surface area (Å²) in [5, 5.41) is 3.27. The fraction of sp³-hybridized carbons (Fsp3) is 0.920. The zero-order valence-electron chi connectivity index (χ0n) is 22.7. The van der Waals surface area contributed by atoms with E-state index in [9.17, 15) is 22.6 Å². The van der Waals surface area contributed by atoms with E-state index in [1.165, 1.54) is 86.9 Å². The molecule has 0 aromatic rings. The lowest BCUT2D eigenvalue weighted by Gasteiger charge is -2.39. The van der Waals surface area contributed by atoms with E-state index in [-0.39, 0.29) is 18.4 Å². The summed E-state index contributed by atoms with van der Waals surface area (Å²) in [5.41, 5.74) is 0. The summed E-state index contributed by atoms with van der Waals surface area (Å²) in [6, 6.07) is -1.84. The van der Waals surface area contributed by atoms with Crippen LogP contribution in [-0.4, -0.2) is 90.7 Å². The van der Waals surface area contributed by atoms with Crippen LogP contribution in [0.1, 0.15) is 91.9 Å². The molecule has 0 unspecified atom stereocenters. The Morgan fingerprint density at radius 1 is 0.944 bits per heavy atom. The monoisotopic (exact) mass is 532 g/mol. The SMILES string of the molecule is CCCC[N+](CCCC)(CCCC)CCCC.O=C1NCC[C@@H]2C[C@@H]3CN(C(=O)N3OS(=O)(=O)[O-])[C@H]12. The fourth-order valence-electron chi connectivity index (χ4n) is 5.75. The van der Waals surface area contributed by atoms with Gasteiger partial charge in [-0.2, -0.15) is 9.35 Å². The molecule has 0 aliphatic carbocycles. The lowest BCUT2D eigenvalue weighted by atomic mass is 9.83. The molecular weight excluding hydrogens is 484 g/mol. The number of hydrogen-bond donors (Lipinski definition) is 1. The van der Waals surface area contributed by atoms with E-state index in [2.05, 4.69) is 37.3 Å². The summed E-state index contributed by atoms with van der Waals surface area (Å²) in [6.07, 6.45) is 12.2. The Hall–Kier alpha value is -1.43. The van der Waals surface area contributed by atoms with Gasteiger partial charge in [-0.3, -0.25) is 4.79 Å². The predicted octanol–water partition coefficient (Wildman–Crippen LogP) is 3.40. The number of carbonyl (C=O) groups excluding carboxylic acids is 2. The number of hydroxylamine groups is 2. The second kappa shape index (κ2) is 14.5. The maximum Gasteiger partial charge on any atom is 0.346 e. The summed E-state index contributed by atoms with van der Waals surface area (Å²) in [7, 11) is -5.00. The van der Waals surface area contributed by atoms with Crippen molar-refractivity contribution < 1.29 is 31.3 Å². The van der Waals surface area contributed by atoms with Gasteiger partial charge >= 0.3 is 6.03 Å². The number of hydrogen-bond acceptors (Lipinski definition) is 6. The van der Waals surface area contributed by atoms with E-state index in [0.29, 0.717) is 24.4 Å². The number of unbranched alkanes of at least 4 members (excludes halogenated alkanes) is 4. The average Bonchev–Trinajstić information content (AvgIpc) is 3.07. The second-order valence-electron chi connectivity index (χ2n) is 10.6. The molecule has 3 aliphatic rings. The maximum atomic E-state index is 12.0. The van der Waals surface area contributed by atoms with Crippen molar-refractivity contribution >= 4 is 22.3 Å². The van der Waals surface area contributed by atoms with Crippen molar-refractivity contribution in [2.24, 2.45) is 5.92 Å². The Kier molecular flexibility index (Phi) is 12.4. The van der Waals surface area contributed by atoms with Crippen LogP contribution in [-0.2, 0) is 19.5 Å². The smallest absolute Gasteiger partial charge is 0.346 e. The highest BCUT2D eigenvalue weighted by molar-refractivity contribution is 7.80. The van der Waals surface area contributed by atoms with Crippen LogP contribution in [0.5, 0.6) is 0 Å². The third kappa shape index (κ3) is 8.56. The Bertz CT molecular complexity index is 771. The molecule has 1 N–H and O–H groups in total. The summed E-state index contributed by atoms with van der Waals surface area (Å²) < 4.78 is 37.5. The summed E-state index contributed by atoms with van der Waals surface area (Å²) in [6.45, 7) is 15.8. The summed E-state index contributed by atoms with van der Waals surface area (Å²) >= 11 is 0. The van der Waals surface area contributed by atoms with Crippen LogP contribution in [0.4, 0.5) is 4.79 Å². The third-order valence-corrected chi connectivity index (χ3v) is 8.07. The standard InChI is InChI=1S/C16H36N.C9H13N3O6S/c1-5-9-13-17(14-10-6-2,15-11-7-3)16-12-8-4;13-8-7-5(1-2-10-8)3-6-4-11(7)9(14)12(6)18-19(15,16)17/h5-16H2,1-4H3;5-7H,1-4H2,(H,10,13)(H,15,16,17)/q+1;/p-1/t;5-,6-,7+/m.1/s1. The first-order chi connectivity index (χ1) is 17.1. The van der Waals surface area contributed by atoms with Crippen LogP contribution in [0.3, 0.4) is 0 Å². The van der Waals surface area contributed by atoms with E-state index >= 15 is 0 Å². The minimum Gasteiger partial charge on any atom is -0.724 e. The second-order valence-corrected chi connectivity index (χ2v) is 11.5. The van der Waals surface area contributed by atoms with Crippen LogP contribution in [0.25, 0.3) is 0 Å². The van der Waals surface area contributed by atoms with Gasteiger partial charge in [0.1, 0.15) is 6.04 Å². The van der Waals surface area contributed by atoms with Gasteiger partial charge in [0.25, 0.3) is 0 Å². The molecule has 3 heterocycles. The van der Waals surface area contributed by atoms with Gasteiger partial charge in [-0.15, -0.1) is 0 Å². The zero-order valence-corrected chi connectivity index (χ0v) is 23.6. The van der Waals surface area contributed by atoms with Gasteiger partial charge in [0, 0.05) is 13.1 Å². The molecule has 210 valence electrons. The van der Waals surface area contributed by atoms with Gasteiger partial charge in [0.05, 0.1) is 32.2 Å². The molecule has 3 fully saturated rings. The fourth-order valence-corrected chi connectivity index (χ4v) is 6.13. The number of nitrogens with zero attached hydrogens (tertiary/aromatic N) is 3. The van der Waals surface area contributed by atoms with Gasteiger partial charge in [-0.25, -0.2) is 13.2 Å². The molecule has 0 aromatic carbocycles. The molecule has 3 aliphatic heterocycles. The number of amides is 3. The molecule has 3 rings (SSSR count). The van der Waals surface area contributed by atoms with Gasteiger partial charge in [-0.1, -0.05) is 53.4 Å². The molecule has 0 aromatic heterocycles. The van der Waals surface area contributed by atoms with Crippen molar-refractivity contribution in [3.05, 3.63) is 0 Å². The molecule has 3 atom stereocenters. The van der Waals surface area contributed by atoms with E-state index in [1.807, 2.05) is 0 Å². The number of nitrogens with one attached hydrogen (secondary N) is 1. The van der Waals surface area contributed by atoms with Crippen LogP contribution in [0.15, 0.2) is 0 Å². The van der Waals surface area contributed by atoms with Crippen LogP contribution < -0.4 is 5.32 Å². The van der Waals surface area contributed by atoms with Crippen LogP contribution in [0, 0.1) is 5.92 Å². The number of quaternary nitrogens is 1. The highest BCUT2D eigenvalue weighted by atomic mass is 32.3. The van der Waals surface area contributed by atoms with Crippen LogP contribution >= 0.6 is 0 Å². The van der Waals surface area contributed by atoms with E-state index in [1.54, 1.807) is 0 Å². The highest BCUT2D eigenvalue weighted by Crippen LogP contribution is 2.37. The number of rotatable bonds is 14. The van der Waals surface area contributed by atoms with Gasteiger partial charge < -0.3 is 19.3 Å². The molecule has 10 nitrogen and oxygen atoms in total. The summed E-state index contributed by atoms with van der Waals surface area (Å²) in [5.74, 6) is -0.269. The van der Waals surface area contributed by atoms with Crippen molar-refractivity contribution in [1.82, 2.24) is 15.3 Å². The van der Waals surface area contributed by atoms with Crippen LogP contribution in [0.2, 0.25) is 0 Å². The van der Waals surface area contributed by atoms with Gasteiger partial charge in [-0.05, 0) is 44.4 Å². The molecule has 11 heteroatoms. The van der Waals surface area contributed by atoms with E-state index in [4.69, 9.17) is 0 Å². The Morgan fingerprint density at radius 2 is 1.44 bits per heavy atom. The minimum absolute atomic E-state index is 0.0283. The topological polar surface area (TPSA) is 119 Å². The van der Waals surface area contributed by atoms with Crippen molar-refractivity contribution in [1.29, 1.82) is 0 Å². The normalized spacial score (nSPS) is 23.8. The lowest BCUT2D eigenvalue weighted by Crippen LogP contribution is -2.58. The van der Waals surface area contributed by atoms with Gasteiger partial charge in [0.2, 0.25) is 16.3 Å². The highest BCUT2D eigenvalue weighted by Gasteiger charge is 2.53. The first-order valence-corrected chi connectivity index (χ1v) is 15.3. The Labute approximate surface area is 218 Å². The summed E-state index contributed by atoms with van der Waals surface area (Å²) in [4.78, 5) is 25.1. The molecule has 2 bridgehead atoms. The number of urea groups is 1. The number of carbonyl (C=O) groups is 2. The molecule has 0 spiro atoms. The van der Waals surface area contributed by atoms with Crippen molar-refractivity contribution in [2.45, 2.75) is 104 Å². The Balaban J connectivity index is 0.000000256. The quantitative estimate of drug-likeness (QED) is 0.208. The predicted molar refractivity (Wildman–Crippen MR) is 137 cm³/mol. The first kappa shape index (κ1) is 30.8. The lowest BCUT2D eigenvalue weighted by molar-refractivity contribution is -0.929. The molecule has 0 saturated carbocycles. The van der Waals surface area contributed by atoms with E-state index in [0.717, 1.165) is 0 Å². The number of piperidine rings is 2. The molecule has 0 radical (unpaired) electrons. The third-order valence-electron chi connectivity index (χ3n) is 7.73. The maximum absolute atomic E-state index is 12.0. The van der Waals surface area contributed by atoms with Crippen molar-refractivity contribution in [3.63, 3.8) is 0 Å². The Morgan fingerprint density at radius 3 is 1.89 bits per heavy atom. The molecule has 3 saturated heterocycles. The van der Waals surface area contributed by atoms with Crippen molar-refractivity contribution in [3.8, 4) is 0 Å². The molecule has 3 amide bonds. The first-order valence-electron chi connectivity index (χ1n) is 14.0. The van der Waals surface area contributed by atoms with Gasteiger partial charge in [0.15, 0.2) is 0 Å².